The maximum atomic E-state index is 12.4. The van der Waals surface area contributed by atoms with Crippen LogP contribution in [0.2, 0.25) is 0 Å². The number of para-hydroxylation sites is 1. The molecule has 0 bridgehead atoms. The first kappa shape index (κ1) is 17.5. The second-order valence-electron chi connectivity index (χ2n) is 6.16. The smallest absolute Gasteiger partial charge is 0.291 e. The molecule has 1 amide bonds. The Hall–Kier alpha value is -3.93. The number of carbonyl (C=O) groups excluding carboxylic acids is 1. The van der Waals surface area contributed by atoms with Crippen molar-refractivity contribution in [1.82, 2.24) is 14.8 Å². The average molecular weight is 370 g/mol. The number of hydrogen-bond acceptors (Lipinski definition) is 4. The molecule has 0 fully saturated rings. The van der Waals surface area contributed by atoms with E-state index in [0.29, 0.717) is 11.4 Å². The summed E-state index contributed by atoms with van der Waals surface area (Å²) in [5.74, 6) is 1.10. The summed E-state index contributed by atoms with van der Waals surface area (Å²) in [4.78, 5) is 16.8. The third kappa shape index (κ3) is 3.76. The van der Waals surface area contributed by atoms with Crippen molar-refractivity contribution in [3.63, 3.8) is 0 Å². The number of aryl methyl sites for hydroxylation is 1. The number of hydrogen-bond donors (Lipinski definition) is 1. The second-order valence-corrected chi connectivity index (χ2v) is 6.16. The van der Waals surface area contributed by atoms with Gasteiger partial charge in [0.15, 0.2) is 5.69 Å². The van der Waals surface area contributed by atoms with Gasteiger partial charge in [0.25, 0.3) is 5.91 Å². The van der Waals surface area contributed by atoms with Gasteiger partial charge in [-0.2, -0.15) is 5.10 Å². The monoisotopic (exact) mass is 370 g/mol. The lowest BCUT2D eigenvalue weighted by Gasteiger charge is -2.05. The second kappa shape index (κ2) is 7.75. The highest BCUT2D eigenvalue weighted by atomic mass is 16.5. The minimum Gasteiger partial charge on any atom is -0.457 e. The zero-order valence-electron chi connectivity index (χ0n) is 15.2. The number of imidazole rings is 1. The van der Waals surface area contributed by atoms with Crippen LogP contribution in [0, 0.1) is 6.92 Å². The SMILES string of the molecule is Cc1c(C(=O)NN=Cc2cccc(Oc3ccccc3)c2)nc2ccccn12. The summed E-state index contributed by atoms with van der Waals surface area (Å²) < 4.78 is 7.67. The summed E-state index contributed by atoms with van der Waals surface area (Å²) in [7, 11) is 0. The molecule has 6 heteroatoms. The van der Waals surface area contributed by atoms with Gasteiger partial charge in [0, 0.05) is 6.20 Å². The van der Waals surface area contributed by atoms with Gasteiger partial charge in [-0.05, 0) is 48.9 Å². The van der Waals surface area contributed by atoms with Gasteiger partial charge in [-0.25, -0.2) is 10.4 Å². The largest absolute Gasteiger partial charge is 0.457 e. The number of aromatic nitrogens is 2. The molecule has 0 aliphatic carbocycles. The number of carbonyl (C=O) groups is 1. The van der Waals surface area contributed by atoms with Crippen LogP contribution in [0.15, 0.2) is 84.1 Å². The lowest BCUT2D eigenvalue weighted by atomic mass is 10.2. The maximum absolute atomic E-state index is 12.4. The molecule has 2 aromatic heterocycles. The van der Waals surface area contributed by atoms with Crippen molar-refractivity contribution in [2.75, 3.05) is 0 Å². The Bertz CT molecular complexity index is 1150. The normalized spacial score (nSPS) is 11.0. The van der Waals surface area contributed by atoms with Gasteiger partial charge in [-0.1, -0.05) is 36.4 Å². The Kier molecular flexibility index (Phi) is 4.84. The van der Waals surface area contributed by atoms with Gasteiger partial charge in [-0.3, -0.25) is 4.79 Å². The molecule has 1 N–H and O–H groups in total. The molecule has 0 spiro atoms. The molecule has 0 aliphatic heterocycles. The van der Waals surface area contributed by atoms with Gasteiger partial charge < -0.3 is 9.14 Å². The van der Waals surface area contributed by atoms with E-state index < -0.39 is 0 Å². The highest BCUT2D eigenvalue weighted by Gasteiger charge is 2.14. The number of benzene rings is 2. The van der Waals surface area contributed by atoms with E-state index in [4.69, 9.17) is 4.74 Å². The molecule has 6 nitrogen and oxygen atoms in total. The predicted octanol–water partition coefficient (Wildman–Crippen LogP) is 4.20. The van der Waals surface area contributed by atoms with Crippen LogP contribution in [0.3, 0.4) is 0 Å². The first-order valence-electron chi connectivity index (χ1n) is 8.81. The van der Waals surface area contributed by atoms with E-state index in [1.54, 1.807) is 6.21 Å². The van der Waals surface area contributed by atoms with E-state index >= 15 is 0 Å². The Morgan fingerprint density at radius 2 is 1.82 bits per heavy atom. The van der Waals surface area contributed by atoms with E-state index in [1.165, 1.54) is 0 Å². The fourth-order valence-corrected chi connectivity index (χ4v) is 2.83. The maximum Gasteiger partial charge on any atom is 0.291 e. The summed E-state index contributed by atoms with van der Waals surface area (Å²) in [5.41, 5.74) is 5.18. The van der Waals surface area contributed by atoms with E-state index in [2.05, 4.69) is 15.5 Å². The van der Waals surface area contributed by atoms with Crippen molar-refractivity contribution in [2.45, 2.75) is 6.92 Å². The summed E-state index contributed by atoms with van der Waals surface area (Å²) in [5, 5.41) is 4.05. The quantitative estimate of drug-likeness (QED) is 0.423. The van der Waals surface area contributed by atoms with Crippen molar-refractivity contribution < 1.29 is 9.53 Å². The van der Waals surface area contributed by atoms with Crippen molar-refractivity contribution >= 4 is 17.8 Å². The van der Waals surface area contributed by atoms with Crippen LogP contribution in [0.1, 0.15) is 21.7 Å². The van der Waals surface area contributed by atoms with Gasteiger partial charge in [0.1, 0.15) is 17.1 Å². The van der Waals surface area contributed by atoms with Crippen LogP contribution >= 0.6 is 0 Å². The average Bonchev–Trinajstić information content (AvgIpc) is 3.06. The summed E-state index contributed by atoms with van der Waals surface area (Å²) in [6.45, 7) is 1.85. The van der Waals surface area contributed by atoms with Gasteiger partial charge in [-0.15, -0.1) is 0 Å². The fourth-order valence-electron chi connectivity index (χ4n) is 2.83. The number of amides is 1. The fraction of sp³-hybridized carbons (Fsp3) is 0.0455. The van der Waals surface area contributed by atoms with Gasteiger partial charge in [0.05, 0.1) is 11.9 Å². The Balaban J connectivity index is 1.45. The lowest BCUT2D eigenvalue weighted by molar-refractivity contribution is 0.0950. The topological polar surface area (TPSA) is 68.0 Å². The molecule has 0 aliphatic rings. The minimum absolute atomic E-state index is 0.351. The van der Waals surface area contributed by atoms with Crippen LogP contribution in [0.5, 0.6) is 11.5 Å². The number of pyridine rings is 1. The van der Waals surface area contributed by atoms with Crippen LogP contribution in [0.25, 0.3) is 5.65 Å². The zero-order chi connectivity index (χ0) is 19.3. The van der Waals surface area contributed by atoms with Crippen molar-refractivity contribution in [2.24, 2.45) is 5.10 Å². The zero-order valence-corrected chi connectivity index (χ0v) is 15.2. The molecule has 4 rings (SSSR count). The molecule has 0 atom stereocenters. The molecule has 2 aromatic carbocycles. The summed E-state index contributed by atoms with van der Waals surface area (Å²) in [6.07, 6.45) is 3.44. The van der Waals surface area contributed by atoms with E-state index in [1.807, 2.05) is 90.3 Å². The van der Waals surface area contributed by atoms with Gasteiger partial charge >= 0.3 is 0 Å². The molecule has 2 heterocycles. The molecule has 0 unspecified atom stereocenters. The van der Waals surface area contributed by atoms with Crippen LogP contribution in [-0.2, 0) is 0 Å². The van der Waals surface area contributed by atoms with E-state index in [-0.39, 0.29) is 5.91 Å². The number of nitrogens with zero attached hydrogens (tertiary/aromatic N) is 3. The van der Waals surface area contributed by atoms with Gasteiger partial charge in [0.2, 0.25) is 0 Å². The summed E-state index contributed by atoms with van der Waals surface area (Å²) >= 11 is 0. The number of nitrogens with one attached hydrogen (secondary N) is 1. The van der Waals surface area contributed by atoms with Crippen LogP contribution in [-0.4, -0.2) is 21.5 Å². The third-order valence-corrected chi connectivity index (χ3v) is 4.20. The van der Waals surface area contributed by atoms with Crippen molar-refractivity contribution in [3.8, 4) is 11.5 Å². The van der Waals surface area contributed by atoms with Crippen molar-refractivity contribution in [1.29, 1.82) is 0 Å². The predicted molar refractivity (Wildman–Crippen MR) is 108 cm³/mol. The molecule has 0 saturated heterocycles. The van der Waals surface area contributed by atoms with Crippen LogP contribution < -0.4 is 10.2 Å². The Labute approximate surface area is 162 Å². The summed E-state index contributed by atoms with van der Waals surface area (Å²) in [6, 6.07) is 22.6. The highest BCUT2D eigenvalue weighted by molar-refractivity contribution is 5.95. The molecular weight excluding hydrogens is 352 g/mol. The first-order chi connectivity index (χ1) is 13.7. The van der Waals surface area contributed by atoms with E-state index in [0.717, 1.165) is 22.7 Å². The molecule has 4 aromatic rings. The number of hydrazone groups is 1. The Morgan fingerprint density at radius 1 is 1.04 bits per heavy atom. The van der Waals surface area contributed by atoms with Crippen molar-refractivity contribution in [3.05, 3.63) is 95.9 Å². The molecule has 28 heavy (non-hydrogen) atoms. The van der Waals surface area contributed by atoms with E-state index in [9.17, 15) is 4.79 Å². The van der Waals surface area contributed by atoms with Crippen LogP contribution in [0.4, 0.5) is 0 Å². The molecular formula is C22H18N4O2. The third-order valence-electron chi connectivity index (χ3n) is 4.20. The molecule has 0 radical (unpaired) electrons. The Morgan fingerprint density at radius 3 is 2.64 bits per heavy atom. The molecule has 0 saturated carbocycles. The molecule has 138 valence electrons. The first-order valence-corrected chi connectivity index (χ1v) is 8.81. The minimum atomic E-state index is -0.353. The number of ether oxygens (including phenoxy) is 1. The number of fused-ring (bicyclic) bond motifs is 1. The standard InChI is InChI=1S/C22H18N4O2/c1-16-21(24-20-12-5-6-13-26(16)20)22(27)25-23-15-17-8-7-11-19(14-17)28-18-9-3-2-4-10-18/h2-15H,1H3,(H,25,27). The number of rotatable bonds is 5. The lowest BCUT2D eigenvalue weighted by Crippen LogP contribution is -2.19. The highest BCUT2D eigenvalue weighted by Crippen LogP contribution is 2.21.